The lowest BCUT2D eigenvalue weighted by Gasteiger charge is -2.12. The molecule has 0 bridgehead atoms. The highest BCUT2D eigenvalue weighted by Crippen LogP contribution is 2.31. The zero-order valence-corrected chi connectivity index (χ0v) is 14.5. The Kier molecular flexibility index (Phi) is 4.68. The maximum Gasteiger partial charge on any atom is 0.197 e. The number of carbonyl (C=O) groups is 1. The Morgan fingerprint density at radius 3 is 2.48 bits per heavy atom. The predicted molar refractivity (Wildman–Crippen MR) is 87.4 cm³/mol. The van der Waals surface area contributed by atoms with Gasteiger partial charge >= 0.3 is 0 Å². The Morgan fingerprint density at radius 1 is 1.19 bits per heavy atom. The Bertz CT molecular complexity index is 732. The summed E-state index contributed by atoms with van der Waals surface area (Å²) in [7, 11) is 1.39. The highest BCUT2D eigenvalue weighted by molar-refractivity contribution is 9.10. The standard InChI is InChI=1S/C15H12Br2FNO2/c1-7-9(3-8(16)4-13(7)19)15(20)10-5-11(17)12(18)6-14(10)21-2/h3-6H,19H2,1-2H3. The normalized spacial score (nSPS) is 10.5. The Morgan fingerprint density at radius 2 is 1.86 bits per heavy atom. The number of methoxy groups -OCH3 is 1. The SMILES string of the molecule is COc1cc(F)c(Br)cc1C(=O)c1cc(Br)cc(N)c1C. The number of benzene rings is 2. The van der Waals surface area contributed by atoms with Crippen LogP contribution in [0.5, 0.6) is 5.75 Å². The molecular weight excluding hydrogens is 405 g/mol. The molecule has 21 heavy (non-hydrogen) atoms. The van der Waals surface area contributed by atoms with E-state index < -0.39 is 5.82 Å². The second-order valence-electron chi connectivity index (χ2n) is 4.46. The first kappa shape index (κ1) is 16.0. The third-order valence-electron chi connectivity index (χ3n) is 3.14. The van der Waals surface area contributed by atoms with E-state index in [1.54, 1.807) is 19.1 Å². The average Bonchev–Trinajstić information content (AvgIpc) is 2.44. The lowest BCUT2D eigenvalue weighted by molar-refractivity contribution is 0.103. The van der Waals surface area contributed by atoms with Gasteiger partial charge in [-0.1, -0.05) is 15.9 Å². The minimum Gasteiger partial charge on any atom is -0.496 e. The van der Waals surface area contributed by atoms with Crippen molar-refractivity contribution in [1.82, 2.24) is 0 Å². The molecule has 0 aliphatic rings. The maximum atomic E-state index is 13.6. The van der Waals surface area contributed by atoms with E-state index in [0.29, 0.717) is 21.3 Å². The van der Waals surface area contributed by atoms with Crippen LogP contribution >= 0.6 is 31.9 Å². The van der Waals surface area contributed by atoms with Crippen LogP contribution in [0.25, 0.3) is 0 Å². The fourth-order valence-corrected chi connectivity index (χ4v) is 2.77. The van der Waals surface area contributed by atoms with Crippen molar-refractivity contribution in [3.63, 3.8) is 0 Å². The summed E-state index contributed by atoms with van der Waals surface area (Å²) >= 11 is 6.40. The van der Waals surface area contributed by atoms with Crippen LogP contribution in [0.1, 0.15) is 21.5 Å². The van der Waals surface area contributed by atoms with Crippen molar-refractivity contribution in [3.8, 4) is 5.75 Å². The van der Waals surface area contributed by atoms with Crippen molar-refractivity contribution in [2.45, 2.75) is 6.92 Å². The number of carbonyl (C=O) groups excluding carboxylic acids is 1. The number of hydrogen-bond acceptors (Lipinski definition) is 3. The van der Waals surface area contributed by atoms with Gasteiger partial charge in [-0.05, 0) is 46.6 Å². The molecule has 0 heterocycles. The van der Waals surface area contributed by atoms with Gasteiger partial charge in [-0.2, -0.15) is 0 Å². The summed E-state index contributed by atoms with van der Waals surface area (Å²) in [4.78, 5) is 12.7. The molecule has 3 nitrogen and oxygen atoms in total. The van der Waals surface area contributed by atoms with Gasteiger partial charge in [0.05, 0.1) is 17.1 Å². The number of nitrogen functional groups attached to an aromatic ring is 1. The highest BCUT2D eigenvalue weighted by Gasteiger charge is 2.20. The third-order valence-corrected chi connectivity index (χ3v) is 4.21. The largest absolute Gasteiger partial charge is 0.496 e. The summed E-state index contributed by atoms with van der Waals surface area (Å²) < 4.78 is 19.6. The van der Waals surface area contributed by atoms with Crippen molar-refractivity contribution in [2.75, 3.05) is 12.8 Å². The second-order valence-corrected chi connectivity index (χ2v) is 6.23. The van der Waals surface area contributed by atoms with E-state index in [9.17, 15) is 9.18 Å². The molecule has 2 rings (SSSR count). The molecule has 2 aromatic carbocycles. The molecule has 0 aliphatic heterocycles. The molecule has 110 valence electrons. The second kappa shape index (κ2) is 6.15. The van der Waals surface area contributed by atoms with E-state index in [0.717, 1.165) is 0 Å². The summed E-state index contributed by atoms with van der Waals surface area (Å²) in [5.41, 5.74) is 7.77. The van der Waals surface area contributed by atoms with Gasteiger partial charge in [-0.15, -0.1) is 0 Å². The molecule has 2 N–H and O–H groups in total. The number of ketones is 1. The first-order chi connectivity index (χ1) is 9.85. The van der Waals surface area contributed by atoms with E-state index in [-0.39, 0.29) is 21.6 Å². The molecule has 0 aliphatic carbocycles. The Labute approximate surface area is 138 Å². The number of hydrogen-bond donors (Lipinski definition) is 1. The minimum atomic E-state index is -0.492. The zero-order valence-electron chi connectivity index (χ0n) is 11.3. The van der Waals surface area contributed by atoms with Gasteiger partial charge in [0.2, 0.25) is 0 Å². The molecule has 0 spiro atoms. The molecular formula is C15H12Br2FNO2. The van der Waals surface area contributed by atoms with Crippen LogP contribution in [0, 0.1) is 12.7 Å². The van der Waals surface area contributed by atoms with Crippen LogP contribution in [0.2, 0.25) is 0 Å². The molecule has 0 atom stereocenters. The first-order valence-corrected chi connectivity index (χ1v) is 7.57. The van der Waals surface area contributed by atoms with Gasteiger partial charge < -0.3 is 10.5 Å². The lowest BCUT2D eigenvalue weighted by Crippen LogP contribution is -2.08. The highest BCUT2D eigenvalue weighted by atomic mass is 79.9. The third kappa shape index (κ3) is 3.11. The van der Waals surface area contributed by atoms with E-state index >= 15 is 0 Å². The van der Waals surface area contributed by atoms with Crippen LogP contribution in [-0.4, -0.2) is 12.9 Å². The van der Waals surface area contributed by atoms with Crippen molar-refractivity contribution in [2.24, 2.45) is 0 Å². The number of rotatable bonds is 3. The summed E-state index contributed by atoms with van der Waals surface area (Å²) in [6.45, 7) is 1.76. The smallest absolute Gasteiger partial charge is 0.197 e. The number of nitrogens with two attached hydrogens (primary N) is 1. The van der Waals surface area contributed by atoms with Gasteiger partial charge in [0.15, 0.2) is 5.78 Å². The van der Waals surface area contributed by atoms with Gasteiger partial charge in [0, 0.05) is 21.8 Å². The molecule has 0 saturated carbocycles. The van der Waals surface area contributed by atoms with Crippen molar-refractivity contribution >= 4 is 43.3 Å². The Hall–Kier alpha value is -1.40. The maximum absolute atomic E-state index is 13.6. The predicted octanol–water partition coefficient (Wildman–Crippen LogP) is 4.48. The molecule has 0 radical (unpaired) electrons. The van der Waals surface area contributed by atoms with Gasteiger partial charge in [-0.3, -0.25) is 4.79 Å². The number of halogens is 3. The van der Waals surface area contributed by atoms with Crippen molar-refractivity contribution in [3.05, 3.63) is 55.7 Å². The molecule has 0 amide bonds. The molecule has 0 fully saturated rings. The first-order valence-electron chi connectivity index (χ1n) is 5.98. The molecule has 2 aromatic rings. The van der Waals surface area contributed by atoms with Crippen LogP contribution in [0.3, 0.4) is 0 Å². The molecule has 0 aromatic heterocycles. The van der Waals surface area contributed by atoms with Gasteiger partial charge in [-0.25, -0.2) is 4.39 Å². The summed E-state index contributed by atoms with van der Waals surface area (Å²) in [5.74, 6) is -0.592. The molecule has 6 heteroatoms. The van der Waals surface area contributed by atoms with Gasteiger partial charge in [0.25, 0.3) is 0 Å². The van der Waals surface area contributed by atoms with Crippen molar-refractivity contribution in [1.29, 1.82) is 0 Å². The number of ether oxygens (including phenoxy) is 1. The van der Waals surface area contributed by atoms with E-state index in [4.69, 9.17) is 10.5 Å². The number of anilines is 1. The monoisotopic (exact) mass is 415 g/mol. The van der Waals surface area contributed by atoms with E-state index in [2.05, 4.69) is 31.9 Å². The van der Waals surface area contributed by atoms with Crippen LogP contribution in [0.15, 0.2) is 33.2 Å². The Balaban J connectivity index is 2.63. The average molecular weight is 417 g/mol. The summed E-state index contributed by atoms with van der Waals surface area (Å²) in [5, 5.41) is 0. The fourth-order valence-electron chi connectivity index (χ4n) is 1.96. The van der Waals surface area contributed by atoms with Crippen LogP contribution in [-0.2, 0) is 0 Å². The lowest BCUT2D eigenvalue weighted by atomic mass is 9.97. The molecule has 0 saturated heterocycles. The quantitative estimate of drug-likeness (QED) is 0.592. The zero-order chi connectivity index (χ0) is 15.7. The topological polar surface area (TPSA) is 52.3 Å². The van der Waals surface area contributed by atoms with E-state index in [1.807, 2.05) is 0 Å². The molecule has 0 unspecified atom stereocenters. The van der Waals surface area contributed by atoms with Crippen molar-refractivity contribution < 1.29 is 13.9 Å². The van der Waals surface area contributed by atoms with Gasteiger partial charge in [0.1, 0.15) is 11.6 Å². The van der Waals surface area contributed by atoms with Crippen LogP contribution < -0.4 is 10.5 Å². The fraction of sp³-hybridized carbons (Fsp3) is 0.133. The van der Waals surface area contributed by atoms with E-state index in [1.165, 1.54) is 19.2 Å². The summed E-state index contributed by atoms with van der Waals surface area (Å²) in [6.07, 6.45) is 0. The summed E-state index contributed by atoms with van der Waals surface area (Å²) in [6, 6.07) is 6.00. The minimum absolute atomic E-state index is 0.179. The van der Waals surface area contributed by atoms with Crippen LogP contribution in [0.4, 0.5) is 10.1 Å².